The number of rotatable bonds is 3. The van der Waals surface area contributed by atoms with Gasteiger partial charge < -0.3 is 4.74 Å². The van der Waals surface area contributed by atoms with Gasteiger partial charge in [-0.25, -0.2) is 0 Å². The van der Waals surface area contributed by atoms with Crippen molar-refractivity contribution in [3.63, 3.8) is 0 Å². The molecule has 0 saturated heterocycles. The molecule has 0 N–H and O–H groups in total. The van der Waals surface area contributed by atoms with Crippen molar-refractivity contribution < 1.29 is 4.74 Å². The average Bonchev–Trinajstić information content (AvgIpc) is 2.20. The van der Waals surface area contributed by atoms with E-state index in [1.807, 2.05) is 13.2 Å². The van der Waals surface area contributed by atoms with E-state index in [9.17, 15) is 0 Å². The van der Waals surface area contributed by atoms with Gasteiger partial charge in [0.2, 0.25) is 0 Å². The molecule has 0 amide bonds. The number of hydrogen-bond acceptors (Lipinski definition) is 1. The molecule has 0 heterocycles. The summed E-state index contributed by atoms with van der Waals surface area (Å²) in [6, 6.07) is 0. The fourth-order valence-corrected chi connectivity index (χ4v) is 2.82. The fourth-order valence-electron chi connectivity index (χ4n) is 2.82. The van der Waals surface area contributed by atoms with Gasteiger partial charge in [0.05, 0.1) is 5.60 Å². The number of methoxy groups -OCH3 is 1. The molecule has 3 unspecified atom stereocenters. The molecule has 3 atom stereocenters. The minimum Gasteiger partial charge on any atom is -0.374 e. The highest BCUT2D eigenvalue weighted by molar-refractivity contribution is 5.17. The first-order valence-electron chi connectivity index (χ1n) is 5.16. The first-order chi connectivity index (χ1) is 6.30. The molecule has 3 rings (SSSR count). The second-order valence-corrected chi connectivity index (χ2v) is 4.27. The molecule has 2 bridgehead atoms. The van der Waals surface area contributed by atoms with Gasteiger partial charge in [-0.05, 0) is 37.5 Å². The van der Waals surface area contributed by atoms with E-state index in [2.05, 4.69) is 18.7 Å². The van der Waals surface area contributed by atoms with E-state index in [1.165, 1.54) is 19.3 Å². The largest absolute Gasteiger partial charge is 0.374 e. The number of allylic oxidation sites excluding steroid dienone is 2. The summed E-state index contributed by atoms with van der Waals surface area (Å²) in [5.41, 5.74) is 0.0446. The molecule has 1 fully saturated rings. The lowest BCUT2D eigenvalue weighted by Crippen LogP contribution is -2.45. The minimum absolute atomic E-state index is 0.0446. The summed E-state index contributed by atoms with van der Waals surface area (Å²) in [5, 5.41) is 0. The second-order valence-electron chi connectivity index (χ2n) is 4.27. The lowest BCUT2D eigenvalue weighted by molar-refractivity contribution is -0.0601. The summed E-state index contributed by atoms with van der Waals surface area (Å²) in [5.74, 6) is 1.47. The molecule has 3 aliphatic carbocycles. The van der Waals surface area contributed by atoms with Gasteiger partial charge in [0.15, 0.2) is 0 Å². The van der Waals surface area contributed by atoms with Crippen LogP contribution in [-0.4, -0.2) is 12.7 Å². The molecule has 0 aromatic carbocycles. The molecule has 0 spiro atoms. The Labute approximate surface area is 80.5 Å². The predicted molar refractivity (Wildman–Crippen MR) is 54.5 cm³/mol. The smallest absolute Gasteiger partial charge is 0.0890 e. The molecular weight excluding hydrogens is 160 g/mol. The summed E-state index contributed by atoms with van der Waals surface area (Å²) in [7, 11) is 1.84. The molecule has 72 valence electrons. The Kier molecular flexibility index (Phi) is 2.29. The van der Waals surface area contributed by atoms with E-state index in [0.717, 1.165) is 12.3 Å². The molecule has 1 heteroatoms. The Hall–Kier alpha value is -0.560. The van der Waals surface area contributed by atoms with Gasteiger partial charge in [0.25, 0.3) is 0 Å². The van der Waals surface area contributed by atoms with Crippen LogP contribution in [0.15, 0.2) is 24.8 Å². The van der Waals surface area contributed by atoms with Crippen LogP contribution < -0.4 is 0 Å². The Bertz CT molecular complexity index is 231. The van der Waals surface area contributed by atoms with Crippen LogP contribution in [-0.2, 0) is 4.74 Å². The Balaban J connectivity index is 2.21. The molecule has 1 nitrogen and oxygen atoms in total. The Morgan fingerprint density at radius 1 is 1.69 bits per heavy atom. The fraction of sp³-hybridized carbons (Fsp3) is 0.667. The number of hydrogen-bond donors (Lipinski definition) is 0. The van der Waals surface area contributed by atoms with Crippen LogP contribution in [0.25, 0.3) is 0 Å². The van der Waals surface area contributed by atoms with Gasteiger partial charge >= 0.3 is 0 Å². The van der Waals surface area contributed by atoms with Gasteiger partial charge in [-0.15, -0.1) is 6.58 Å². The van der Waals surface area contributed by atoms with Crippen molar-refractivity contribution in [1.29, 1.82) is 0 Å². The third kappa shape index (κ3) is 1.35. The molecule has 0 radical (unpaired) electrons. The zero-order chi connectivity index (χ0) is 9.31. The first kappa shape index (κ1) is 9.01. The van der Waals surface area contributed by atoms with Crippen molar-refractivity contribution in [2.75, 3.05) is 7.11 Å². The molecule has 1 saturated carbocycles. The van der Waals surface area contributed by atoms with Crippen molar-refractivity contribution in [3.8, 4) is 0 Å². The van der Waals surface area contributed by atoms with Crippen molar-refractivity contribution in [2.24, 2.45) is 11.8 Å². The van der Waals surface area contributed by atoms with Crippen molar-refractivity contribution in [3.05, 3.63) is 24.8 Å². The van der Waals surface area contributed by atoms with Gasteiger partial charge in [0.1, 0.15) is 0 Å². The van der Waals surface area contributed by atoms with E-state index >= 15 is 0 Å². The van der Waals surface area contributed by atoms with Crippen LogP contribution in [0.1, 0.15) is 25.7 Å². The zero-order valence-corrected chi connectivity index (χ0v) is 8.33. The monoisotopic (exact) mass is 178 g/mol. The maximum absolute atomic E-state index is 5.70. The number of ether oxygens (including phenoxy) is 1. The van der Waals surface area contributed by atoms with Crippen LogP contribution in [0.5, 0.6) is 0 Å². The molecular formula is C12H18O. The van der Waals surface area contributed by atoms with Gasteiger partial charge in [0, 0.05) is 7.11 Å². The summed E-state index contributed by atoms with van der Waals surface area (Å²) in [6.07, 6.45) is 11.5. The highest BCUT2D eigenvalue weighted by atomic mass is 16.5. The first-order valence-corrected chi connectivity index (χ1v) is 5.16. The minimum atomic E-state index is 0.0446. The highest BCUT2D eigenvalue weighted by Gasteiger charge is 2.43. The van der Waals surface area contributed by atoms with Crippen molar-refractivity contribution >= 4 is 0 Å². The highest BCUT2D eigenvalue weighted by Crippen LogP contribution is 2.46. The van der Waals surface area contributed by atoms with Crippen LogP contribution in [0.3, 0.4) is 0 Å². The molecule has 0 aliphatic heterocycles. The van der Waals surface area contributed by atoms with E-state index < -0.39 is 0 Å². The maximum Gasteiger partial charge on any atom is 0.0890 e. The van der Waals surface area contributed by atoms with E-state index in [4.69, 9.17) is 4.74 Å². The Morgan fingerprint density at radius 2 is 2.54 bits per heavy atom. The molecule has 0 aromatic rings. The number of fused-ring (bicyclic) bond motifs is 2. The van der Waals surface area contributed by atoms with Crippen molar-refractivity contribution in [1.82, 2.24) is 0 Å². The SMILES string of the molecule is C=CCC1CC2C=CC1(OC)CC2. The van der Waals surface area contributed by atoms with Crippen LogP contribution >= 0.6 is 0 Å². The normalized spacial score (nSPS) is 42.2. The maximum atomic E-state index is 5.70. The van der Waals surface area contributed by atoms with Crippen LogP contribution in [0.4, 0.5) is 0 Å². The van der Waals surface area contributed by atoms with E-state index in [1.54, 1.807) is 0 Å². The average molecular weight is 178 g/mol. The molecule has 3 aliphatic rings. The third-order valence-electron chi connectivity index (χ3n) is 3.67. The summed E-state index contributed by atoms with van der Waals surface area (Å²) in [6.45, 7) is 3.82. The predicted octanol–water partition coefficient (Wildman–Crippen LogP) is 2.93. The van der Waals surface area contributed by atoms with E-state index in [-0.39, 0.29) is 5.60 Å². The second kappa shape index (κ2) is 3.30. The van der Waals surface area contributed by atoms with Gasteiger partial charge in [-0.1, -0.05) is 18.2 Å². The lowest BCUT2D eigenvalue weighted by atomic mass is 9.65. The molecule has 13 heavy (non-hydrogen) atoms. The zero-order valence-electron chi connectivity index (χ0n) is 8.33. The van der Waals surface area contributed by atoms with Gasteiger partial charge in [-0.2, -0.15) is 0 Å². The Morgan fingerprint density at radius 3 is 3.08 bits per heavy atom. The topological polar surface area (TPSA) is 9.23 Å². The standard InChI is InChI=1S/C12H18O/c1-3-4-11-9-10-5-7-12(11,13-2)8-6-10/h3,5,7,10-11H,1,4,6,8-9H2,2H3. The summed E-state index contributed by atoms with van der Waals surface area (Å²) >= 11 is 0. The summed E-state index contributed by atoms with van der Waals surface area (Å²) in [4.78, 5) is 0. The van der Waals surface area contributed by atoms with Gasteiger partial charge in [-0.3, -0.25) is 0 Å². The molecule has 0 aromatic heterocycles. The van der Waals surface area contributed by atoms with E-state index in [0.29, 0.717) is 5.92 Å². The summed E-state index contributed by atoms with van der Waals surface area (Å²) < 4.78 is 5.70. The van der Waals surface area contributed by atoms with Crippen LogP contribution in [0.2, 0.25) is 0 Å². The third-order valence-corrected chi connectivity index (χ3v) is 3.67. The van der Waals surface area contributed by atoms with Crippen LogP contribution in [0, 0.1) is 11.8 Å². The lowest BCUT2D eigenvalue weighted by Gasteiger charge is -2.47. The quantitative estimate of drug-likeness (QED) is 0.604. The van der Waals surface area contributed by atoms with Crippen molar-refractivity contribution in [2.45, 2.75) is 31.3 Å².